The van der Waals surface area contributed by atoms with Crippen molar-refractivity contribution in [2.75, 3.05) is 47.9 Å². The number of aliphatic imine (C=N–C) groups is 1. The highest BCUT2D eigenvalue weighted by molar-refractivity contribution is 5.80. The number of rotatable bonds is 5. The number of ether oxygens (including phenoxy) is 1. The number of likely N-dealkylation sites (tertiary alicyclic amines) is 1. The minimum atomic E-state index is -0.0895. The SMILES string of the molecule is CN=C(NC1CCN(CC(=O)N(C)C)CC1)NC1CC(C)(OC)C1(C)C. The van der Waals surface area contributed by atoms with Crippen molar-refractivity contribution in [3.63, 3.8) is 0 Å². The van der Waals surface area contributed by atoms with E-state index in [2.05, 4.69) is 41.3 Å². The third kappa shape index (κ3) is 4.31. The number of amides is 1. The molecule has 1 amide bonds. The Bertz CT molecular complexity index is 526. The van der Waals surface area contributed by atoms with Crippen LogP contribution in [0.15, 0.2) is 4.99 Å². The van der Waals surface area contributed by atoms with Crippen LogP contribution in [0.4, 0.5) is 0 Å². The zero-order chi connectivity index (χ0) is 19.5. The van der Waals surface area contributed by atoms with Gasteiger partial charge >= 0.3 is 0 Å². The van der Waals surface area contributed by atoms with Crippen LogP contribution in [0.1, 0.15) is 40.0 Å². The number of guanidine groups is 1. The highest BCUT2D eigenvalue weighted by Crippen LogP contribution is 2.51. The van der Waals surface area contributed by atoms with Crippen molar-refractivity contribution >= 4 is 11.9 Å². The second-order valence-corrected chi connectivity index (χ2v) is 8.61. The summed E-state index contributed by atoms with van der Waals surface area (Å²) in [5.41, 5.74) is -0.0386. The van der Waals surface area contributed by atoms with Crippen LogP contribution < -0.4 is 10.6 Å². The van der Waals surface area contributed by atoms with Gasteiger partial charge in [-0.05, 0) is 26.2 Å². The summed E-state index contributed by atoms with van der Waals surface area (Å²) in [6.45, 7) is 9.04. The summed E-state index contributed by atoms with van der Waals surface area (Å²) < 4.78 is 5.71. The van der Waals surface area contributed by atoms with Crippen LogP contribution in [-0.4, -0.2) is 87.2 Å². The highest BCUT2D eigenvalue weighted by atomic mass is 16.5. The van der Waals surface area contributed by atoms with Crippen LogP contribution in [-0.2, 0) is 9.53 Å². The maximum Gasteiger partial charge on any atom is 0.236 e. The number of nitrogens with one attached hydrogen (secondary N) is 2. The van der Waals surface area contributed by atoms with Gasteiger partial charge in [0.05, 0.1) is 12.1 Å². The molecule has 2 atom stereocenters. The lowest BCUT2D eigenvalue weighted by Gasteiger charge is -2.59. The Morgan fingerprint density at radius 1 is 1.23 bits per heavy atom. The van der Waals surface area contributed by atoms with E-state index in [1.165, 1.54) is 0 Å². The second-order valence-electron chi connectivity index (χ2n) is 8.61. The standard InChI is InChI=1S/C19H37N5O2/c1-18(2)15(12-19(18,3)26-7)22-17(20-4)21-14-8-10-24(11-9-14)13-16(25)23(5)6/h14-15H,8-13H2,1-7H3,(H2,20,21,22). The largest absolute Gasteiger partial charge is 0.378 e. The number of piperidine rings is 1. The van der Waals surface area contributed by atoms with Crippen molar-refractivity contribution in [1.82, 2.24) is 20.4 Å². The van der Waals surface area contributed by atoms with Gasteiger partial charge in [-0.15, -0.1) is 0 Å². The number of carbonyl (C=O) groups excluding carboxylic acids is 1. The Labute approximate surface area is 158 Å². The molecule has 0 aromatic carbocycles. The molecule has 2 unspecified atom stereocenters. The first-order chi connectivity index (χ1) is 12.1. The van der Waals surface area contributed by atoms with Crippen molar-refractivity contribution in [1.29, 1.82) is 0 Å². The zero-order valence-electron chi connectivity index (χ0n) is 17.6. The number of likely N-dealkylation sites (N-methyl/N-ethyl adjacent to an activating group) is 1. The first-order valence-electron chi connectivity index (χ1n) is 9.60. The molecule has 150 valence electrons. The number of nitrogens with zero attached hydrogens (tertiary/aromatic N) is 3. The Morgan fingerprint density at radius 3 is 2.31 bits per heavy atom. The molecule has 7 nitrogen and oxygen atoms in total. The van der Waals surface area contributed by atoms with Crippen molar-refractivity contribution < 1.29 is 9.53 Å². The molecule has 1 saturated carbocycles. The molecule has 2 N–H and O–H groups in total. The van der Waals surface area contributed by atoms with Crippen LogP contribution in [0.2, 0.25) is 0 Å². The van der Waals surface area contributed by atoms with Crippen LogP contribution in [0.5, 0.6) is 0 Å². The molecule has 2 rings (SSSR count). The zero-order valence-corrected chi connectivity index (χ0v) is 17.6. The van der Waals surface area contributed by atoms with Crippen molar-refractivity contribution in [2.24, 2.45) is 10.4 Å². The molecular weight excluding hydrogens is 330 g/mol. The molecule has 0 radical (unpaired) electrons. The van der Waals surface area contributed by atoms with Gasteiger partial charge in [-0.3, -0.25) is 14.7 Å². The van der Waals surface area contributed by atoms with Gasteiger partial charge in [0.2, 0.25) is 5.91 Å². The van der Waals surface area contributed by atoms with Gasteiger partial charge in [-0.25, -0.2) is 0 Å². The van der Waals surface area contributed by atoms with Gasteiger partial charge < -0.3 is 20.3 Å². The summed E-state index contributed by atoms with van der Waals surface area (Å²) in [5.74, 6) is 1.03. The third-order valence-electron chi connectivity index (χ3n) is 6.60. The van der Waals surface area contributed by atoms with Gasteiger partial charge in [-0.1, -0.05) is 13.8 Å². The summed E-state index contributed by atoms with van der Waals surface area (Å²) in [6, 6.07) is 0.736. The molecule has 7 heteroatoms. The maximum atomic E-state index is 11.8. The van der Waals surface area contributed by atoms with E-state index in [4.69, 9.17) is 4.74 Å². The lowest BCUT2D eigenvalue weighted by atomic mass is 9.56. The van der Waals surface area contributed by atoms with Crippen LogP contribution in [0.3, 0.4) is 0 Å². The van der Waals surface area contributed by atoms with E-state index in [-0.39, 0.29) is 16.9 Å². The fraction of sp³-hybridized carbons (Fsp3) is 0.895. The number of methoxy groups -OCH3 is 1. The summed E-state index contributed by atoms with van der Waals surface area (Å²) in [5, 5.41) is 7.13. The van der Waals surface area contributed by atoms with Gasteiger partial charge in [0, 0.05) is 58.8 Å². The van der Waals surface area contributed by atoms with E-state index < -0.39 is 0 Å². The van der Waals surface area contributed by atoms with Crippen molar-refractivity contribution in [3.8, 4) is 0 Å². The van der Waals surface area contributed by atoms with E-state index in [1.54, 1.807) is 12.0 Å². The van der Waals surface area contributed by atoms with Crippen molar-refractivity contribution in [2.45, 2.75) is 57.7 Å². The lowest BCUT2D eigenvalue weighted by molar-refractivity contribution is -0.176. The molecule has 1 heterocycles. The Hall–Kier alpha value is -1.34. The predicted molar refractivity (Wildman–Crippen MR) is 105 cm³/mol. The Kier molecular flexibility index (Phi) is 6.55. The van der Waals surface area contributed by atoms with Crippen LogP contribution in [0.25, 0.3) is 0 Å². The molecule has 0 aromatic heterocycles. The first-order valence-corrected chi connectivity index (χ1v) is 9.60. The Balaban J connectivity index is 1.79. The quantitative estimate of drug-likeness (QED) is 0.558. The van der Waals surface area contributed by atoms with E-state index >= 15 is 0 Å². The van der Waals surface area contributed by atoms with E-state index in [0.29, 0.717) is 18.6 Å². The molecule has 0 aromatic rings. The highest BCUT2D eigenvalue weighted by Gasteiger charge is 2.58. The van der Waals surface area contributed by atoms with Gasteiger partial charge in [0.25, 0.3) is 0 Å². The van der Waals surface area contributed by atoms with E-state index in [1.807, 2.05) is 21.1 Å². The molecule has 0 spiro atoms. The fourth-order valence-corrected chi connectivity index (χ4v) is 3.82. The third-order valence-corrected chi connectivity index (χ3v) is 6.60. The van der Waals surface area contributed by atoms with Gasteiger partial charge in [0.15, 0.2) is 5.96 Å². The Morgan fingerprint density at radius 2 is 1.85 bits per heavy atom. The molecule has 26 heavy (non-hydrogen) atoms. The maximum absolute atomic E-state index is 11.8. The monoisotopic (exact) mass is 367 g/mol. The van der Waals surface area contributed by atoms with E-state index in [9.17, 15) is 4.79 Å². The van der Waals surface area contributed by atoms with Crippen LogP contribution >= 0.6 is 0 Å². The average molecular weight is 368 g/mol. The average Bonchev–Trinajstić information content (AvgIpc) is 2.61. The van der Waals surface area contributed by atoms with Gasteiger partial charge in [0.1, 0.15) is 0 Å². The lowest BCUT2D eigenvalue weighted by Crippen LogP contribution is -2.69. The minimum Gasteiger partial charge on any atom is -0.378 e. The summed E-state index contributed by atoms with van der Waals surface area (Å²) in [6.07, 6.45) is 3.01. The second kappa shape index (κ2) is 8.13. The molecule has 2 fully saturated rings. The summed E-state index contributed by atoms with van der Waals surface area (Å²) >= 11 is 0. The van der Waals surface area contributed by atoms with Crippen LogP contribution in [0, 0.1) is 5.41 Å². The molecule has 1 aliphatic heterocycles. The number of carbonyl (C=O) groups is 1. The molecule has 0 bridgehead atoms. The first kappa shape index (κ1) is 21.0. The molecular formula is C19H37N5O2. The summed E-state index contributed by atoms with van der Waals surface area (Å²) in [4.78, 5) is 20.1. The topological polar surface area (TPSA) is 69.2 Å². The number of hydrogen-bond donors (Lipinski definition) is 2. The summed E-state index contributed by atoms with van der Waals surface area (Å²) in [7, 11) is 7.23. The fourth-order valence-electron chi connectivity index (χ4n) is 3.82. The molecule has 1 saturated heterocycles. The minimum absolute atomic E-state index is 0.0509. The van der Waals surface area contributed by atoms with Crippen molar-refractivity contribution in [3.05, 3.63) is 0 Å². The van der Waals surface area contributed by atoms with Gasteiger partial charge in [-0.2, -0.15) is 0 Å². The predicted octanol–water partition coefficient (Wildman–Crippen LogP) is 0.908. The molecule has 2 aliphatic rings. The number of hydrogen-bond acceptors (Lipinski definition) is 4. The smallest absolute Gasteiger partial charge is 0.236 e. The molecule has 1 aliphatic carbocycles. The normalized spacial score (nSPS) is 29.8. The van der Waals surface area contributed by atoms with E-state index in [0.717, 1.165) is 38.3 Å².